The first kappa shape index (κ1) is 11.9. The maximum absolute atomic E-state index is 5.17. The van der Waals surface area contributed by atoms with Crippen molar-refractivity contribution in [3.63, 3.8) is 0 Å². The lowest BCUT2D eigenvalue weighted by atomic mass is 10.4. The summed E-state index contributed by atoms with van der Waals surface area (Å²) < 4.78 is 5.17. The third kappa shape index (κ3) is 6.04. The summed E-state index contributed by atoms with van der Waals surface area (Å²) in [6, 6.07) is 3.67. The zero-order valence-corrected chi connectivity index (χ0v) is 9.20. The Labute approximate surface area is 91.1 Å². The van der Waals surface area contributed by atoms with Crippen molar-refractivity contribution in [1.82, 2.24) is 15.6 Å². The Balaban J connectivity index is 0.000000162. The van der Waals surface area contributed by atoms with Crippen LogP contribution in [0.3, 0.4) is 0 Å². The molecular weight excluding hydrogens is 190 g/mol. The Bertz CT molecular complexity index is 225. The van der Waals surface area contributed by atoms with E-state index in [1.165, 1.54) is 0 Å². The Morgan fingerprint density at radius 3 is 2.07 bits per heavy atom. The zero-order chi connectivity index (χ0) is 10.8. The number of piperazine rings is 1. The van der Waals surface area contributed by atoms with Crippen molar-refractivity contribution in [3.05, 3.63) is 24.5 Å². The van der Waals surface area contributed by atoms with Gasteiger partial charge in [-0.3, -0.25) is 4.98 Å². The smallest absolute Gasteiger partial charge is 0.122 e. The molecule has 0 atom stereocenters. The minimum Gasteiger partial charge on any atom is -0.494 e. The molecule has 0 unspecified atom stereocenters. The van der Waals surface area contributed by atoms with Gasteiger partial charge in [0.05, 0.1) is 6.61 Å². The van der Waals surface area contributed by atoms with Crippen molar-refractivity contribution in [2.45, 2.75) is 6.92 Å². The zero-order valence-electron chi connectivity index (χ0n) is 9.20. The van der Waals surface area contributed by atoms with Gasteiger partial charge in [-0.1, -0.05) is 0 Å². The molecule has 2 rings (SSSR count). The van der Waals surface area contributed by atoms with Crippen molar-refractivity contribution in [2.24, 2.45) is 0 Å². The fourth-order valence-corrected chi connectivity index (χ4v) is 1.20. The van der Waals surface area contributed by atoms with Crippen LogP contribution >= 0.6 is 0 Å². The molecule has 0 radical (unpaired) electrons. The molecule has 1 aromatic rings. The summed E-state index contributed by atoms with van der Waals surface area (Å²) in [5, 5.41) is 6.44. The molecule has 4 nitrogen and oxygen atoms in total. The number of ether oxygens (including phenoxy) is 1. The van der Waals surface area contributed by atoms with Gasteiger partial charge in [0.1, 0.15) is 5.75 Å². The van der Waals surface area contributed by atoms with Gasteiger partial charge in [0.15, 0.2) is 0 Å². The van der Waals surface area contributed by atoms with Gasteiger partial charge in [0.2, 0.25) is 0 Å². The maximum atomic E-state index is 5.17. The van der Waals surface area contributed by atoms with Gasteiger partial charge < -0.3 is 15.4 Å². The summed E-state index contributed by atoms with van der Waals surface area (Å²) in [4.78, 5) is 3.85. The molecule has 1 saturated heterocycles. The van der Waals surface area contributed by atoms with E-state index >= 15 is 0 Å². The summed E-state index contributed by atoms with van der Waals surface area (Å²) in [6.45, 7) is 7.23. The Kier molecular flexibility index (Phi) is 6.53. The highest BCUT2D eigenvalue weighted by molar-refractivity contribution is 5.16. The molecule has 0 saturated carbocycles. The van der Waals surface area contributed by atoms with Crippen LogP contribution in [0.25, 0.3) is 0 Å². The average molecular weight is 209 g/mol. The van der Waals surface area contributed by atoms with Gasteiger partial charge in [-0.05, 0) is 19.1 Å². The van der Waals surface area contributed by atoms with Crippen LogP contribution in [-0.2, 0) is 0 Å². The number of hydrogen-bond donors (Lipinski definition) is 2. The van der Waals surface area contributed by atoms with Crippen LogP contribution in [0.4, 0.5) is 0 Å². The molecule has 0 aromatic carbocycles. The number of nitrogens with zero attached hydrogens (tertiary/aromatic N) is 1. The standard InChI is InChI=1S/C7H9NO.C4H10N2/c1-2-9-7-3-5-8-6-4-7;1-2-6-4-3-5-1/h3-6H,2H2,1H3;5-6H,1-4H2. The second-order valence-corrected chi connectivity index (χ2v) is 3.12. The van der Waals surface area contributed by atoms with Crippen LogP contribution < -0.4 is 15.4 Å². The minimum atomic E-state index is 0.712. The van der Waals surface area contributed by atoms with Crippen LogP contribution in [0, 0.1) is 0 Å². The third-order valence-corrected chi connectivity index (χ3v) is 1.92. The lowest BCUT2D eigenvalue weighted by Crippen LogP contribution is -2.39. The largest absolute Gasteiger partial charge is 0.494 e. The Morgan fingerprint density at radius 2 is 1.67 bits per heavy atom. The molecule has 2 heterocycles. The van der Waals surface area contributed by atoms with Crippen molar-refractivity contribution in [1.29, 1.82) is 0 Å². The van der Waals surface area contributed by atoms with Gasteiger partial charge in [-0.2, -0.15) is 0 Å². The van der Waals surface area contributed by atoms with E-state index in [0.717, 1.165) is 31.9 Å². The number of nitrogens with one attached hydrogen (secondary N) is 2. The van der Waals surface area contributed by atoms with Crippen molar-refractivity contribution < 1.29 is 4.74 Å². The summed E-state index contributed by atoms with van der Waals surface area (Å²) in [6.07, 6.45) is 3.43. The van der Waals surface area contributed by atoms with Crippen molar-refractivity contribution >= 4 is 0 Å². The van der Waals surface area contributed by atoms with E-state index in [-0.39, 0.29) is 0 Å². The number of hydrogen-bond acceptors (Lipinski definition) is 4. The van der Waals surface area contributed by atoms with Gasteiger partial charge in [-0.25, -0.2) is 0 Å². The summed E-state index contributed by atoms with van der Waals surface area (Å²) >= 11 is 0. The molecule has 1 aromatic heterocycles. The molecule has 4 heteroatoms. The predicted molar refractivity (Wildman–Crippen MR) is 61.1 cm³/mol. The molecule has 0 aliphatic carbocycles. The molecule has 0 amide bonds. The van der Waals surface area contributed by atoms with E-state index in [1.807, 2.05) is 19.1 Å². The maximum Gasteiger partial charge on any atom is 0.122 e. The highest BCUT2D eigenvalue weighted by atomic mass is 16.5. The van der Waals surface area contributed by atoms with Crippen LogP contribution in [0.5, 0.6) is 5.75 Å². The van der Waals surface area contributed by atoms with Gasteiger partial charge in [-0.15, -0.1) is 0 Å². The lowest BCUT2D eigenvalue weighted by Gasteiger charge is -2.11. The van der Waals surface area contributed by atoms with Gasteiger partial charge in [0.25, 0.3) is 0 Å². The molecule has 1 fully saturated rings. The monoisotopic (exact) mass is 209 g/mol. The quantitative estimate of drug-likeness (QED) is 0.751. The molecule has 1 aliphatic heterocycles. The Hall–Kier alpha value is -1.13. The first-order chi connectivity index (χ1) is 7.43. The fourth-order valence-electron chi connectivity index (χ4n) is 1.20. The predicted octanol–water partition coefficient (Wildman–Crippen LogP) is 0.659. The summed E-state index contributed by atoms with van der Waals surface area (Å²) in [7, 11) is 0. The lowest BCUT2D eigenvalue weighted by molar-refractivity contribution is 0.340. The van der Waals surface area contributed by atoms with E-state index in [9.17, 15) is 0 Å². The third-order valence-electron chi connectivity index (χ3n) is 1.92. The van der Waals surface area contributed by atoms with Crippen molar-refractivity contribution in [3.8, 4) is 5.75 Å². The van der Waals surface area contributed by atoms with Crippen LogP contribution in [0.2, 0.25) is 0 Å². The molecule has 15 heavy (non-hydrogen) atoms. The normalized spacial score (nSPS) is 15.0. The van der Waals surface area contributed by atoms with Gasteiger partial charge >= 0.3 is 0 Å². The second kappa shape index (κ2) is 8.20. The highest BCUT2D eigenvalue weighted by Crippen LogP contribution is 2.05. The SMILES string of the molecule is C1CNCCN1.CCOc1ccncc1. The minimum absolute atomic E-state index is 0.712. The fraction of sp³-hybridized carbons (Fsp3) is 0.545. The highest BCUT2D eigenvalue weighted by Gasteiger charge is 1.91. The van der Waals surface area contributed by atoms with E-state index in [2.05, 4.69) is 15.6 Å². The summed E-state index contributed by atoms with van der Waals surface area (Å²) in [5.74, 6) is 0.882. The molecule has 0 spiro atoms. The molecule has 84 valence electrons. The number of rotatable bonds is 2. The van der Waals surface area contributed by atoms with Crippen LogP contribution in [0.15, 0.2) is 24.5 Å². The van der Waals surface area contributed by atoms with E-state index < -0.39 is 0 Å². The number of aromatic nitrogens is 1. The van der Waals surface area contributed by atoms with Crippen LogP contribution in [-0.4, -0.2) is 37.8 Å². The van der Waals surface area contributed by atoms with E-state index in [4.69, 9.17) is 4.74 Å². The second-order valence-electron chi connectivity index (χ2n) is 3.12. The summed E-state index contributed by atoms with van der Waals surface area (Å²) in [5.41, 5.74) is 0. The molecule has 0 bridgehead atoms. The van der Waals surface area contributed by atoms with Gasteiger partial charge in [0, 0.05) is 38.6 Å². The van der Waals surface area contributed by atoms with E-state index in [0.29, 0.717) is 6.61 Å². The topological polar surface area (TPSA) is 46.2 Å². The van der Waals surface area contributed by atoms with E-state index in [1.54, 1.807) is 12.4 Å². The van der Waals surface area contributed by atoms with Crippen molar-refractivity contribution in [2.75, 3.05) is 32.8 Å². The average Bonchev–Trinajstić information content (AvgIpc) is 2.34. The first-order valence-electron chi connectivity index (χ1n) is 5.37. The first-order valence-corrected chi connectivity index (χ1v) is 5.37. The number of pyridine rings is 1. The molecule has 1 aliphatic rings. The Morgan fingerprint density at radius 1 is 1.13 bits per heavy atom. The van der Waals surface area contributed by atoms with Crippen LogP contribution in [0.1, 0.15) is 6.92 Å². The molecular formula is C11H19N3O. The molecule has 2 N–H and O–H groups in total.